The van der Waals surface area contributed by atoms with Crippen LogP contribution in [-0.4, -0.2) is 36.0 Å². The van der Waals surface area contributed by atoms with Crippen molar-refractivity contribution in [1.29, 1.82) is 0 Å². The Morgan fingerprint density at radius 3 is 2.52 bits per heavy atom. The lowest BCUT2D eigenvalue weighted by Gasteiger charge is -2.35. The van der Waals surface area contributed by atoms with Crippen molar-refractivity contribution in [2.24, 2.45) is 5.92 Å². The summed E-state index contributed by atoms with van der Waals surface area (Å²) in [5.41, 5.74) is 1.10. The topological polar surface area (TPSA) is 32.3 Å². The highest BCUT2D eigenvalue weighted by atomic mass is 35.5. The SMILES string of the molecule is C[C@H]1C[C@@H](C(=O)N(CCc2ccc(F)cc2)C2CCCC2)CCN1.Cl. The number of amides is 1. The maximum absolute atomic E-state index is 13.1. The lowest BCUT2D eigenvalue weighted by molar-refractivity contribution is -0.139. The molecule has 1 saturated heterocycles. The maximum atomic E-state index is 13.1. The second-order valence-electron chi connectivity index (χ2n) is 7.42. The summed E-state index contributed by atoms with van der Waals surface area (Å²) in [6, 6.07) is 7.51. The van der Waals surface area contributed by atoms with E-state index in [0.29, 0.717) is 18.0 Å². The molecule has 5 heteroatoms. The molecule has 3 rings (SSSR count). The van der Waals surface area contributed by atoms with Crippen molar-refractivity contribution in [1.82, 2.24) is 10.2 Å². The number of hydrogen-bond acceptors (Lipinski definition) is 2. The summed E-state index contributed by atoms with van der Waals surface area (Å²) >= 11 is 0. The first-order valence-corrected chi connectivity index (χ1v) is 9.42. The first-order valence-electron chi connectivity index (χ1n) is 9.42. The van der Waals surface area contributed by atoms with Crippen LogP contribution in [0.25, 0.3) is 0 Å². The zero-order valence-electron chi connectivity index (χ0n) is 15.0. The van der Waals surface area contributed by atoms with Gasteiger partial charge in [-0.2, -0.15) is 0 Å². The van der Waals surface area contributed by atoms with E-state index in [1.165, 1.54) is 25.0 Å². The molecule has 0 unspecified atom stereocenters. The van der Waals surface area contributed by atoms with E-state index in [2.05, 4.69) is 17.1 Å². The van der Waals surface area contributed by atoms with Gasteiger partial charge >= 0.3 is 0 Å². The average molecular weight is 369 g/mol. The van der Waals surface area contributed by atoms with Crippen LogP contribution in [0.15, 0.2) is 24.3 Å². The number of hydrogen-bond donors (Lipinski definition) is 1. The highest BCUT2D eigenvalue weighted by molar-refractivity contribution is 5.85. The second kappa shape index (κ2) is 9.54. The van der Waals surface area contributed by atoms with Gasteiger partial charge < -0.3 is 10.2 Å². The largest absolute Gasteiger partial charge is 0.339 e. The highest BCUT2D eigenvalue weighted by Crippen LogP contribution is 2.27. The van der Waals surface area contributed by atoms with E-state index in [4.69, 9.17) is 0 Å². The van der Waals surface area contributed by atoms with Gasteiger partial charge in [0.25, 0.3) is 0 Å². The number of nitrogens with zero attached hydrogens (tertiary/aromatic N) is 1. The fourth-order valence-corrected chi connectivity index (χ4v) is 4.18. The van der Waals surface area contributed by atoms with Crippen LogP contribution >= 0.6 is 12.4 Å². The molecule has 1 heterocycles. The average Bonchev–Trinajstić information content (AvgIpc) is 3.11. The van der Waals surface area contributed by atoms with Crippen molar-refractivity contribution in [2.75, 3.05) is 13.1 Å². The molecule has 0 spiro atoms. The summed E-state index contributed by atoms with van der Waals surface area (Å²) in [5, 5.41) is 3.43. The molecule has 1 amide bonds. The zero-order chi connectivity index (χ0) is 16.9. The summed E-state index contributed by atoms with van der Waals surface area (Å²) in [5.74, 6) is 0.304. The molecule has 1 aliphatic carbocycles. The fraction of sp³-hybridized carbons (Fsp3) is 0.650. The molecule has 0 aromatic heterocycles. The number of carbonyl (C=O) groups excluding carboxylic acids is 1. The molecule has 25 heavy (non-hydrogen) atoms. The molecular formula is C20H30ClFN2O. The van der Waals surface area contributed by atoms with E-state index in [1.807, 2.05) is 12.1 Å². The van der Waals surface area contributed by atoms with Crippen LogP contribution in [0.2, 0.25) is 0 Å². The number of carbonyl (C=O) groups is 1. The molecule has 3 nitrogen and oxygen atoms in total. The quantitative estimate of drug-likeness (QED) is 0.853. The number of piperidine rings is 1. The second-order valence-corrected chi connectivity index (χ2v) is 7.42. The third-order valence-corrected chi connectivity index (χ3v) is 5.58. The lowest BCUT2D eigenvalue weighted by Crippen LogP contribution is -2.47. The van der Waals surface area contributed by atoms with Crippen LogP contribution in [0.3, 0.4) is 0 Å². The van der Waals surface area contributed by atoms with Gasteiger partial charge in [-0.1, -0.05) is 25.0 Å². The Kier molecular flexibility index (Phi) is 7.70. The minimum atomic E-state index is -0.203. The molecule has 1 saturated carbocycles. The Bertz CT molecular complexity index is 545. The Balaban J connectivity index is 0.00000225. The summed E-state index contributed by atoms with van der Waals surface area (Å²) in [4.78, 5) is 15.3. The summed E-state index contributed by atoms with van der Waals surface area (Å²) < 4.78 is 13.1. The van der Waals surface area contributed by atoms with Crippen LogP contribution in [0.4, 0.5) is 4.39 Å². The number of halogens is 2. The minimum absolute atomic E-state index is 0. The minimum Gasteiger partial charge on any atom is -0.339 e. The third kappa shape index (κ3) is 5.42. The number of nitrogens with one attached hydrogen (secondary N) is 1. The Hall–Kier alpha value is -1.13. The normalized spacial score (nSPS) is 23.9. The predicted molar refractivity (Wildman–Crippen MR) is 102 cm³/mol. The third-order valence-electron chi connectivity index (χ3n) is 5.58. The predicted octanol–water partition coefficient (Wildman–Crippen LogP) is 3.95. The van der Waals surface area contributed by atoms with E-state index >= 15 is 0 Å². The summed E-state index contributed by atoms with van der Waals surface area (Å²) in [6.45, 7) is 3.86. The van der Waals surface area contributed by atoms with Gasteiger partial charge in [-0.05, 0) is 63.3 Å². The van der Waals surface area contributed by atoms with E-state index in [0.717, 1.165) is 50.8 Å². The van der Waals surface area contributed by atoms with Crippen molar-refractivity contribution >= 4 is 18.3 Å². The first-order chi connectivity index (χ1) is 11.6. The zero-order valence-corrected chi connectivity index (χ0v) is 15.9. The van der Waals surface area contributed by atoms with Crippen molar-refractivity contribution in [3.8, 4) is 0 Å². The Morgan fingerprint density at radius 1 is 1.20 bits per heavy atom. The van der Waals surface area contributed by atoms with Crippen LogP contribution in [0, 0.1) is 11.7 Å². The van der Waals surface area contributed by atoms with Crippen molar-refractivity contribution in [2.45, 2.75) is 64.0 Å². The van der Waals surface area contributed by atoms with Crippen LogP contribution in [0.1, 0.15) is 51.0 Å². The molecule has 0 bridgehead atoms. The molecule has 2 fully saturated rings. The fourth-order valence-electron chi connectivity index (χ4n) is 4.18. The number of benzene rings is 1. The monoisotopic (exact) mass is 368 g/mol. The van der Waals surface area contributed by atoms with Gasteiger partial charge in [0.05, 0.1) is 0 Å². The van der Waals surface area contributed by atoms with Gasteiger partial charge in [-0.25, -0.2) is 4.39 Å². The van der Waals surface area contributed by atoms with E-state index < -0.39 is 0 Å². The van der Waals surface area contributed by atoms with Gasteiger partial charge in [0, 0.05) is 24.5 Å². The van der Waals surface area contributed by atoms with Crippen LogP contribution in [0.5, 0.6) is 0 Å². The van der Waals surface area contributed by atoms with E-state index in [1.54, 1.807) is 0 Å². The van der Waals surface area contributed by atoms with Gasteiger partial charge in [0.2, 0.25) is 5.91 Å². The maximum Gasteiger partial charge on any atom is 0.226 e. The van der Waals surface area contributed by atoms with Gasteiger partial charge in [0.1, 0.15) is 5.82 Å². The Labute approximate surface area is 156 Å². The highest BCUT2D eigenvalue weighted by Gasteiger charge is 2.33. The standard InChI is InChI=1S/C20H29FN2O.ClH/c1-15-14-17(10-12-22-15)20(24)23(19-4-2-3-5-19)13-11-16-6-8-18(21)9-7-16;/h6-9,15,17,19,22H,2-5,10-14H2,1H3;1H/t15-,17-;/m0./s1. The molecule has 140 valence electrons. The van der Waals surface area contributed by atoms with Crippen molar-refractivity contribution in [3.05, 3.63) is 35.6 Å². The van der Waals surface area contributed by atoms with E-state index in [-0.39, 0.29) is 24.1 Å². The smallest absolute Gasteiger partial charge is 0.226 e. The molecule has 1 N–H and O–H groups in total. The van der Waals surface area contributed by atoms with Gasteiger partial charge in [-0.15, -0.1) is 12.4 Å². The van der Waals surface area contributed by atoms with Gasteiger partial charge in [-0.3, -0.25) is 4.79 Å². The van der Waals surface area contributed by atoms with Crippen molar-refractivity contribution in [3.63, 3.8) is 0 Å². The molecule has 0 radical (unpaired) electrons. The van der Waals surface area contributed by atoms with E-state index in [9.17, 15) is 9.18 Å². The van der Waals surface area contributed by atoms with Crippen molar-refractivity contribution < 1.29 is 9.18 Å². The molecular weight excluding hydrogens is 339 g/mol. The summed E-state index contributed by atoms with van der Waals surface area (Å²) in [6.07, 6.45) is 7.43. The molecule has 1 aromatic carbocycles. The Morgan fingerprint density at radius 2 is 1.88 bits per heavy atom. The molecule has 1 aromatic rings. The molecule has 2 atom stereocenters. The first kappa shape index (κ1) is 20.2. The van der Waals surface area contributed by atoms with Crippen LogP contribution < -0.4 is 5.32 Å². The van der Waals surface area contributed by atoms with Crippen LogP contribution in [-0.2, 0) is 11.2 Å². The molecule has 2 aliphatic rings. The van der Waals surface area contributed by atoms with Gasteiger partial charge in [0.15, 0.2) is 0 Å². The lowest BCUT2D eigenvalue weighted by atomic mass is 9.91. The molecule has 1 aliphatic heterocycles. The number of rotatable bonds is 5. The summed E-state index contributed by atoms with van der Waals surface area (Å²) in [7, 11) is 0.